The van der Waals surface area contributed by atoms with Gasteiger partial charge in [0.15, 0.2) is 5.82 Å². The summed E-state index contributed by atoms with van der Waals surface area (Å²) in [5.41, 5.74) is 0.838. The molecule has 3 aliphatic rings. The van der Waals surface area contributed by atoms with Crippen molar-refractivity contribution in [2.75, 3.05) is 24.6 Å². The normalized spacial score (nSPS) is 22.4. The molecule has 1 saturated carbocycles. The van der Waals surface area contributed by atoms with Gasteiger partial charge in [0.1, 0.15) is 17.0 Å². The third-order valence-corrected chi connectivity index (χ3v) is 8.52. The highest BCUT2D eigenvalue weighted by Crippen LogP contribution is 2.44. The molecule has 0 spiro atoms. The van der Waals surface area contributed by atoms with Gasteiger partial charge < -0.3 is 15.0 Å². The summed E-state index contributed by atoms with van der Waals surface area (Å²) in [6.07, 6.45) is 4.02. The summed E-state index contributed by atoms with van der Waals surface area (Å²) in [5.74, 6) is -2.66. The van der Waals surface area contributed by atoms with Gasteiger partial charge in [-0.05, 0) is 36.6 Å². The zero-order valence-electron chi connectivity index (χ0n) is 21.1. The van der Waals surface area contributed by atoms with E-state index in [1.165, 1.54) is 0 Å². The molecular formula is C29H27ClF3N5O. The summed E-state index contributed by atoms with van der Waals surface area (Å²) in [4.78, 5) is 15.9. The van der Waals surface area contributed by atoms with Crippen LogP contribution in [0.15, 0.2) is 42.6 Å². The van der Waals surface area contributed by atoms with E-state index in [1.807, 2.05) is 24.3 Å². The van der Waals surface area contributed by atoms with Crippen LogP contribution in [0.1, 0.15) is 32.1 Å². The summed E-state index contributed by atoms with van der Waals surface area (Å²) in [7, 11) is 0. The standard InChI is InChI=1S/C29H27ClF3N5O/c30-22-6-2-4-17-3-1-5-20(23(17)22)25-24(31)26-21(13-34-25)27(38-14-18-7-8-19(15-38)35-18)37-28(36-26)39-10-9-16-11-29(32,33)12-16/h1-6,13,16,18-19,35H,7-12,14-15H2. The first-order chi connectivity index (χ1) is 18.8. The van der Waals surface area contributed by atoms with Gasteiger partial charge in [0.25, 0.3) is 0 Å². The Labute approximate surface area is 228 Å². The number of benzene rings is 2. The van der Waals surface area contributed by atoms with Crippen LogP contribution in [-0.4, -0.2) is 52.7 Å². The molecular weight excluding hydrogens is 527 g/mol. The van der Waals surface area contributed by atoms with Crippen LogP contribution in [0.4, 0.5) is 19.0 Å². The van der Waals surface area contributed by atoms with E-state index >= 15 is 4.39 Å². The second-order valence-corrected chi connectivity index (χ2v) is 11.4. The predicted octanol–water partition coefficient (Wildman–Crippen LogP) is 6.39. The van der Waals surface area contributed by atoms with Crippen molar-refractivity contribution < 1.29 is 17.9 Å². The molecule has 3 fully saturated rings. The Bertz CT molecular complexity index is 1560. The topological polar surface area (TPSA) is 63.2 Å². The number of anilines is 1. The maximum atomic E-state index is 16.3. The maximum Gasteiger partial charge on any atom is 0.319 e. The zero-order valence-corrected chi connectivity index (χ0v) is 21.9. The average molecular weight is 554 g/mol. The van der Waals surface area contributed by atoms with Crippen molar-refractivity contribution in [3.63, 3.8) is 0 Å². The van der Waals surface area contributed by atoms with Gasteiger partial charge in [-0.2, -0.15) is 9.97 Å². The van der Waals surface area contributed by atoms with Crippen LogP contribution >= 0.6 is 11.6 Å². The molecule has 2 aliphatic heterocycles. The van der Waals surface area contributed by atoms with E-state index < -0.39 is 11.7 Å². The highest BCUT2D eigenvalue weighted by molar-refractivity contribution is 6.36. The lowest BCUT2D eigenvalue weighted by atomic mass is 9.79. The smallest absolute Gasteiger partial charge is 0.319 e. The Hall–Kier alpha value is -3.17. The summed E-state index contributed by atoms with van der Waals surface area (Å²) in [6.45, 7) is 1.67. The van der Waals surface area contributed by atoms with Gasteiger partial charge in [0.2, 0.25) is 5.92 Å². The van der Waals surface area contributed by atoms with Crippen molar-refractivity contribution in [1.82, 2.24) is 20.3 Å². The highest BCUT2D eigenvalue weighted by Gasteiger charge is 2.44. The van der Waals surface area contributed by atoms with Gasteiger partial charge in [-0.15, -0.1) is 0 Å². The van der Waals surface area contributed by atoms with E-state index in [2.05, 4.69) is 25.2 Å². The van der Waals surface area contributed by atoms with Crippen molar-refractivity contribution in [1.29, 1.82) is 0 Å². The summed E-state index contributed by atoms with van der Waals surface area (Å²) in [6, 6.07) is 11.8. The highest BCUT2D eigenvalue weighted by atomic mass is 35.5. The molecule has 4 heterocycles. The van der Waals surface area contributed by atoms with E-state index in [4.69, 9.17) is 16.3 Å². The number of nitrogens with one attached hydrogen (secondary N) is 1. The molecule has 2 aromatic carbocycles. The quantitative estimate of drug-likeness (QED) is 0.298. The van der Waals surface area contributed by atoms with Crippen LogP contribution in [0, 0.1) is 11.7 Å². The predicted molar refractivity (Wildman–Crippen MR) is 145 cm³/mol. The second kappa shape index (κ2) is 9.48. The lowest BCUT2D eigenvalue weighted by Crippen LogP contribution is -2.51. The van der Waals surface area contributed by atoms with Crippen molar-refractivity contribution in [2.24, 2.45) is 5.92 Å². The van der Waals surface area contributed by atoms with Gasteiger partial charge >= 0.3 is 6.01 Å². The number of rotatable bonds is 6. The molecule has 10 heteroatoms. The monoisotopic (exact) mass is 553 g/mol. The van der Waals surface area contributed by atoms with E-state index in [9.17, 15) is 8.78 Å². The molecule has 6 nitrogen and oxygen atoms in total. The van der Waals surface area contributed by atoms with Gasteiger partial charge in [-0.25, -0.2) is 13.2 Å². The largest absolute Gasteiger partial charge is 0.463 e. The number of fused-ring (bicyclic) bond motifs is 4. The molecule has 2 unspecified atom stereocenters. The third kappa shape index (κ3) is 4.55. The number of alkyl halides is 2. The Morgan fingerprint density at radius 3 is 2.54 bits per heavy atom. The third-order valence-electron chi connectivity index (χ3n) is 8.20. The fourth-order valence-electron chi connectivity index (χ4n) is 6.28. The van der Waals surface area contributed by atoms with Crippen LogP contribution < -0.4 is 15.0 Å². The van der Waals surface area contributed by atoms with Gasteiger partial charge in [0.05, 0.1) is 12.0 Å². The summed E-state index contributed by atoms with van der Waals surface area (Å²) >= 11 is 6.53. The first kappa shape index (κ1) is 24.8. The minimum atomic E-state index is -2.57. The SMILES string of the molecule is Fc1c(-c2cccc3cccc(Cl)c23)ncc2c(N3CC4CCC(C3)N4)nc(OCCC3CC(F)(F)C3)nc12. The number of nitrogens with zero attached hydrogens (tertiary/aromatic N) is 4. The molecule has 1 N–H and O–H groups in total. The number of halogens is 4. The zero-order chi connectivity index (χ0) is 26.7. The van der Waals surface area contributed by atoms with Crippen molar-refractivity contribution in [3.8, 4) is 17.3 Å². The summed E-state index contributed by atoms with van der Waals surface area (Å²) < 4.78 is 48.7. The second-order valence-electron chi connectivity index (χ2n) is 11.0. The van der Waals surface area contributed by atoms with Crippen LogP contribution in [0.25, 0.3) is 32.9 Å². The number of hydrogen-bond donors (Lipinski definition) is 1. The number of hydrogen-bond acceptors (Lipinski definition) is 6. The molecule has 39 heavy (non-hydrogen) atoms. The first-order valence-electron chi connectivity index (χ1n) is 13.4. The van der Waals surface area contributed by atoms with E-state index in [0.29, 0.717) is 45.7 Å². The molecule has 2 aromatic heterocycles. The molecule has 0 amide bonds. The van der Waals surface area contributed by atoms with Gasteiger partial charge in [-0.1, -0.05) is 41.9 Å². The molecule has 2 saturated heterocycles. The van der Waals surface area contributed by atoms with Crippen LogP contribution in [0.5, 0.6) is 6.01 Å². The van der Waals surface area contributed by atoms with Crippen LogP contribution in [-0.2, 0) is 0 Å². The molecule has 4 aromatic rings. The molecule has 2 atom stereocenters. The minimum absolute atomic E-state index is 0.0430. The van der Waals surface area contributed by atoms with Gasteiger partial charge in [0, 0.05) is 60.2 Å². The number of pyridine rings is 1. The first-order valence-corrected chi connectivity index (χ1v) is 13.8. The Morgan fingerprint density at radius 2 is 1.79 bits per heavy atom. The Balaban J connectivity index is 1.30. The van der Waals surface area contributed by atoms with Crippen molar-refractivity contribution >= 4 is 39.1 Å². The molecule has 202 valence electrons. The molecule has 7 rings (SSSR count). The van der Waals surface area contributed by atoms with Gasteiger partial charge in [-0.3, -0.25) is 4.98 Å². The Morgan fingerprint density at radius 1 is 1.05 bits per heavy atom. The van der Waals surface area contributed by atoms with E-state index in [1.54, 1.807) is 18.3 Å². The van der Waals surface area contributed by atoms with Crippen LogP contribution in [0.2, 0.25) is 5.02 Å². The lowest BCUT2D eigenvalue weighted by molar-refractivity contribution is -0.113. The van der Waals surface area contributed by atoms with E-state index in [-0.39, 0.29) is 42.6 Å². The number of ether oxygens (including phenoxy) is 1. The van der Waals surface area contributed by atoms with Crippen molar-refractivity contribution in [2.45, 2.75) is 50.1 Å². The van der Waals surface area contributed by atoms with Crippen LogP contribution in [0.3, 0.4) is 0 Å². The van der Waals surface area contributed by atoms with Crippen molar-refractivity contribution in [3.05, 3.63) is 53.4 Å². The molecule has 1 aliphatic carbocycles. The molecule has 0 radical (unpaired) electrons. The maximum absolute atomic E-state index is 16.3. The summed E-state index contributed by atoms with van der Waals surface area (Å²) in [5, 5.41) is 6.22. The van der Waals surface area contributed by atoms with E-state index in [0.717, 1.165) is 31.3 Å². The fraction of sp³-hybridized carbons (Fsp3) is 0.414. The fourth-order valence-corrected chi connectivity index (χ4v) is 6.57. The minimum Gasteiger partial charge on any atom is -0.463 e. The Kier molecular flexibility index (Phi) is 6.04. The lowest BCUT2D eigenvalue weighted by Gasteiger charge is -2.35. The average Bonchev–Trinajstić information content (AvgIpc) is 3.24. The molecule has 2 bridgehead atoms. The number of piperazine rings is 1. The number of aromatic nitrogens is 3.